The summed E-state index contributed by atoms with van der Waals surface area (Å²) in [6.07, 6.45) is 5.72. The molecule has 2 aliphatic heterocycles. The van der Waals surface area contributed by atoms with Crippen LogP contribution in [0.4, 0.5) is 5.69 Å². The average Bonchev–Trinajstić information content (AvgIpc) is 3.06. The van der Waals surface area contributed by atoms with E-state index in [4.69, 9.17) is 15.2 Å². The number of carbonyl (C=O) groups excluding carboxylic acids is 1. The summed E-state index contributed by atoms with van der Waals surface area (Å²) in [4.78, 5) is 14.3. The summed E-state index contributed by atoms with van der Waals surface area (Å²) < 4.78 is 10.8. The lowest BCUT2D eigenvalue weighted by Gasteiger charge is -2.34. The van der Waals surface area contributed by atoms with Crippen LogP contribution in [0.15, 0.2) is 18.2 Å². The normalized spacial score (nSPS) is 19.4. The summed E-state index contributed by atoms with van der Waals surface area (Å²) in [6.45, 7) is 2.63. The van der Waals surface area contributed by atoms with Gasteiger partial charge in [0.05, 0.1) is 0 Å². The van der Waals surface area contributed by atoms with E-state index in [1.54, 1.807) is 0 Å². The highest BCUT2D eigenvalue weighted by Crippen LogP contribution is 2.34. The number of anilines is 1. The van der Waals surface area contributed by atoms with Crippen molar-refractivity contribution in [2.75, 3.05) is 31.7 Å². The van der Waals surface area contributed by atoms with Gasteiger partial charge in [-0.2, -0.15) is 0 Å². The number of piperidine rings is 1. The van der Waals surface area contributed by atoms with Crippen molar-refractivity contribution in [1.29, 1.82) is 0 Å². The highest BCUT2D eigenvalue weighted by molar-refractivity contribution is 5.76. The summed E-state index contributed by atoms with van der Waals surface area (Å²) in [5, 5.41) is 3.53. The number of nitrogens with zero attached hydrogens (tertiary/aromatic N) is 1. The van der Waals surface area contributed by atoms with E-state index in [1.165, 1.54) is 0 Å². The van der Waals surface area contributed by atoms with Gasteiger partial charge in [-0.05, 0) is 44.4 Å². The molecule has 0 bridgehead atoms. The largest absolute Gasteiger partial charge is 0.454 e. The van der Waals surface area contributed by atoms with Gasteiger partial charge in [-0.15, -0.1) is 0 Å². The number of amides is 1. The van der Waals surface area contributed by atoms with Crippen molar-refractivity contribution in [3.63, 3.8) is 0 Å². The molecule has 1 saturated heterocycles. The maximum absolute atomic E-state index is 12.3. The first kappa shape index (κ1) is 16.9. The molecule has 0 spiro atoms. The van der Waals surface area contributed by atoms with Gasteiger partial charge in [-0.1, -0.05) is 6.42 Å². The number of nitrogens with one attached hydrogen (secondary N) is 1. The molecular weight excluding hydrogens is 306 g/mol. The van der Waals surface area contributed by atoms with Crippen LogP contribution < -0.4 is 20.5 Å². The molecule has 1 aromatic carbocycles. The van der Waals surface area contributed by atoms with Crippen LogP contribution in [0.2, 0.25) is 0 Å². The first-order valence-corrected chi connectivity index (χ1v) is 8.90. The summed E-state index contributed by atoms with van der Waals surface area (Å²) >= 11 is 0. The molecule has 3 rings (SSSR count). The molecule has 1 fully saturated rings. The van der Waals surface area contributed by atoms with Crippen LogP contribution in [0.25, 0.3) is 0 Å². The quantitative estimate of drug-likeness (QED) is 0.749. The van der Waals surface area contributed by atoms with Crippen LogP contribution in [0.1, 0.15) is 38.5 Å². The van der Waals surface area contributed by atoms with E-state index in [2.05, 4.69) is 5.32 Å². The zero-order chi connectivity index (χ0) is 16.8. The topological polar surface area (TPSA) is 76.8 Å². The van der Waals surface area contributed by atoms with Crippen molar-refractivity contribution in [3.8, 4) is 11.5 Å². The molecular formula is C18H27N3O3. The molecule has 2 aliphatic rings. The third kappa shape index (κ3) is 4.32. The van der Waals surface area contributed by atoms with Crippen molar-refractivity contribution in [1.82, 2.24) is 4.90 Å². The fourth-order valence-corrected chi connectivity index (χ4v) is 3.30. The molecule has 3 N–H and O–H groups in total. The third-order valence-corrected chi connectivity index (χ3v) is 4.61. The molecule has 24 heavy (non-hydrogen) atoms. The molecule has 1 unspecified atom stereocenters. The van der Waals surface area contributed by atoms with Gasteiger partial charge in [0.15, 0.2) is 11.5 Å². The van der Waals surface area contributed by atoms with Gasteiger partial charge in [0.2, 0.25) is 12.7 Å². The van der Waals surface area contributed by atoms with Gasteiger partial charge in [-0.3, -0.25) is 4.79 Å². The summed E-state index contributed by atoms with van der Waals surface area (Å²) in [5.74, 6) is 1.84. The number of fused-ring (bicyclic) bond motifs is 1. The van der Waals surface area contributed by atoms with Crippen molar-refractivity contribution in [3.05, 3.63) is 18.2 Å². The van der Waals surface area contributed by atoms with E-state index in [9.17, 15) is 4.79 Å². The first-order valence-electron chi connectivity index (χ1n) is 8.90. The highest BCUT2D eigenvalue weighted by Gasteiger charge is 2.23. The molecule has 1 atom stereocenters. The Hall–Kier alpha value is -1.95. The van der Waals surface area contributed by atoms with E-state index >= 15 is 0 Å². The zero-order valence-electron chi connectivity index (χ0n) is 14.1. The fourth-order valence-electron chi connectivity index (χ4n) is 3.30. The van der Waals surface area contributed by atoms with Gasteiger partial charge in [0.1, 0.15) is 0 Å². The van der Waals surface area contributed by atoms with Gasteiger partial charge in [-0.25, -0.2) is 0 Å². The molecule has 1 aromatic rings. The minimum absolute atomic E-state index is 0.268. The van der Waals surface area contributed by atoms with Crippen molar-refractivity contribution in [2.24, 2.45) is 5.73 Å². The highest BCUT2D eigenvalue weighted by atomic mass is 16.7. The number of hydrogen-bond donors (Lipinski definition) is 2. The van der Waals surface area contributed by atoms with Crippen LogP contribution in [0, 0.1) is 0 Å². The van der Waals surface area contributed by atoms with Crippen LogP contribution in [-0.4, -0.2) is 43.3 Å². The monoisotopic (exact) mass is 333 g/mol. The lowest BCUT2D eigenvalue weighted by atomic mass is 10.0. The Morgan fingerprint density at radius 2 is 2.12 bits per heavy atom. The maximum atomic E-state index is 12.3. The van der Waals surface area contributed by atoms with Crippen molar-refractivity contribution < 1.29 is 14.3 Å². The van der Waals surface area contributed by atoms with Gasteiger partial charge >= 0.3 is 0 Å². The second-order valence-corrected chi connectivity index (χ2v) is 6.49. The minimum atomic E-state index is 0.268. The van der Waals surface area contributed by atoms with Gasteiger partial charge in [0.25, 0.3) is 0 Å². The van der Waals surface area contributed by atoms with Crippen molar-refractivity contribution in [2.45, 2.75) is 44.6 Å². The smallest absolute Gasteiger partial charge is 0.231 e. The Morgan fingerprint density at radius 3 is 3.00 bits per heavy atom. The number of rotatable bonds is 7. The zero-order valence-corrected chi connectivity index (χ0v) is 14.1. The lowest BCUT2D eigenvalue weighted by Crippen LogP contribution is -2.45. The van der Waals surface area contributed by atoms with E-state index in [0.717, 1.165) is 62.4 Å². The van der Waals surface area contributed by atoms with Gasteiger partial charge < -0.3 is 25.4 Å². The number of ether oxygens (including phenoxy) is 2. The SMILES string of the molecule is NCCCCCC(=O)N1CCCC(Nc2ccc3c(c2)OCO3)C1. The van der Waals surface area contributed by atoms with Gasteiger partial charge in [0, 0.05) is 37.3 Å². The Kier molecular flexibility index (Phi) is 5.80. The van der Waals surface area contributed by atoms with Crippen LogP contribution in [0.5, 0.6) is 11.5 Å². The fraction of sp³-hybridized carbons (Fsp3) is 0.611. The number of unbranched alkanes of at least 4 members (excludes halogenated alkanes) is 2. The predicted octanol–water partition coefficient (Wildman–Crippen LogP) is 2.34. The van der Waals surface area contributed by atoms with E-state index in [1.807, 2.05) is 23.1 Å². The predicted molar refractivity (Wildman–Crippen MR) is 93.3 cm³/mol. The molecule has 2 heterocycles. The molecule has 0 radical (unpaired) electrons. The number of hydrogen-bond acceptors (Lipinski definition) is 5. The summed E-state index contributed by atoms with van der Waals surface area (Å²) in [6, 6.07) is 6.18. The molecule has 1 amide bonds. The molecule has 0 saturated carbocycles. The standard InChI is InChI=1S/C18H27N3O3/c19-9-3-1-2-6-18(22)21-10-4-5-15(12-21)20-14-7-8-16-17(11-14)24-13-23-16/h7-8,11,15,20H,1-6,9-10,12-13,19H2. The molecule has 132 valence electrons. The Balaban J connectivity index is 1.49. The number of carbonyl (C=O) groups is 1. The van der Waals surface area contributed by atoms with Crippen molar-refractivity contribution >= 4 is 11.6 Å². The number of benzene rings is 1. The molecule has 6 heteroatoms. The second kappa shape index (κ2) is 8.24. The Morgan fingerprint density at radius 1 is 1.25 bits per heavy atom. The minimum Gasteiger partial charge on any atom is -0.454 e. The third-order valence-electron chi connectivity index (χ3n) is 4.61. The Labute approximate surface area is 143 Å². The van der Waals surface area contributed by atoms with Crippen LogP contribution in [-0.2, 0) is 4.79 Å². The number of likely N-dealkylation sites (tertiary alicyclic amines) is 1. The van der Waals surface area contributed by atoms with E-state index in [-0.39, 0.29) is 18.7 Å². The van der Waals surface area contributed by atoms with E-state index < -0.39 is 0 Å². The summed E-state index contributed by atoms with van der Waals surface area (Å²) in [7, 11) is 0. The lowest BCUT2D eigenvalue weighted by molar-refractivity contribution is -0.132. The second-order valence-electron chi connectivity index (χ2n) is 6.49. The summed E-state index contributed by atoms with van der Waals surface area (Å²) in [5.41, 5.74) is 6.51. The number of nitrogens with two attached hydrogens (primary N) is 1. The average molecular weight is 333 g/mol. The van der Waals surface area contributed by atoms with E-state index in [0.29, 0.717) is 13.0 Å². The molecule has 0 aliphatic carbocycles. The van der Waals surface area contributed by atoms with Crippen LogP contribution in [0.3, 0.4) is 0 Å². The maximum Gasteiger partial charge on any atom is 0.231 e. The molecule has 6 nitrogen and oxygen atoms in total. The Bertz CT molecular complexity index is 564. The van der Waals surface area contributed by atoms with Crippen LogP contribution >= 0.6 is 0 Å². The first-order chi connectivity index (χ1) is 11.8. The molecule has 0 aromatic heterocycles.